The van der Waals surface area contributed by atoms with Crippen molar-refractivity contribution in [2.75, 3.05) is 26.2 Å². The van der Waals surface area contributed by atoms with Crippen LogP contribution in [0, 0.1) is 6.92 Å². The number of halogens is 2. The van der Waals surface area contributed by atoms with Gasteiger partial charge < -0.3 is 15.4 Å². The molecule has 1 aliphatic heterocycles. The van der Waals surface area contributed by atoms with E-state index >= 15 is 0 Å². The van der Waals surface area contributed by atoms with Gasteiger partial charge in [0.15, 0.2) is 0 Å². The molecule has 2 heterocycles. The van der Waals surface area contributed by atoms with Gasteiger partial charge in [0, 0.05) is 24.7 Å². The number of carbonyl (C=O) groups is 1. The summed E-state index contributed by atoms with van der Waals surface area (Å²) >= 11 is 6.06. The van der Waals surface area contributed by atoms with Crippen LogP contribution in [0.5, 0.6) is 0 Å². The molecule has 1 aromatic heterocycles. The van der Waals surface area contributed by atoms with Gasteiger partial charge in [-0.25, -0.2) is 4.68 Å². The minimum absolute atomic E-state index is 0. The fourth-order valence-electron chi connectivity index (χ4n) is 3.22. The standard InChI is InChI=1S/C19H25ClN4O2.ClH/c1-14-18(13-22-24(14)16-5-2-4-15(20)12-16)19(25)23-9-6-17(7-10-23)26-11-3-8-21;/h2,4-5,12-13,17H,3,6-11,21H2,1H3;1H. The van der Waals surface area contributed by atoms with Gasteiger partial charge in [-0.1, -0.05) is 17.7 Å². The highest BCUT2D eigenvalue weighted by molar-refractivity contribution is 6.30. The van der Waals surface area contributed by atoms with E-state index in [0.29, 0.717) is 36.8 Å². The molecule has 1 saturated heterocycles. The zero-order chi connectivity index (χ0) is 18.5. The fourth-order valence-corrected chi connectivity index (χ4v) is 3.40. The van der Waals surface area contributed by atoms with Crippen LogP contribution in [0.1, 0.15) is 35.3 Å². The van der Waals surface area contributed by atoms with E-state index in [1.54, 1.807) is 10.9 Å². The average Bonchev–Trinajstić information content (AvgIpc) is 3.03. The van der Waals surface area contributed by atoms with Gasteiger partial charge in [-0.15, -0.1) is 12.4 Å². The van der Waals surface area contributed by atoms with Crippen LogP contribution >= 0.6 is 24.0 Å². The predicted molar refractivity (Wildman–Crippen MR) is 109 cm³/mol. The summed E-state index contributed by atoms with van der Waals surface area (Å²) in [6.07, 6.45) is 4.46. The molecule has 2 N–H and O–H groups in total. The highest BCUT2D eigenvalue weighted by Crippen LogP contribution is 2.21. The van der Waals surface area contributed by atoms with Crippen LogP contribution < -0.4 is 5.73 Å². The summed E-state index contributed by atoms with van der Waals surface area (Å²) < 4.78 is 7.56. The molecule has 0 saturated carbocycles. The average molecular weight is 413 g/mol. The Morgan fingerprint density at radius 1 is 1.37 bits per heavy atom. The Hall–Kier alpha value is -1.60. The Bertz CT molecular complexity index is 758. The van der Waals surface area contributed by atoms with Gasteiger partial charge in [0.1, 0.15) is 0 Å². The topological polar surface area (TPSA) is 73.4 Å². The van der Waals surface area contributed by atoms with Crippen LogP contribution in [0.4, 0.5) is 0 Å². The molecule has 0 atom stereocenters. The van der Waals surface area contributed by atoms with E-state index in [9.17, 15) is 4.79 Å². The number of benzene rings is 1. The number of aromatic nitrogens is 2. The third kappa shape index (κ3) is 5.23. The summed E-state index contributed by atoms with van der Waals surface area (Å²) in [6.45, 7) is 4.65. The van der Waals surface area contributed by atoms with Gasteiger partial charge in [-0.05, 0) is 50.9 Å². The van der Waals surface area contributed by atoms with Crippen LogP contribution in [-0.2, 0) is 4.74 Å². The van der Waals surface area contributed by atoms with Gasteiger partial charge in [0.05, 0.1) is 29.2 Å². The minimum atomic E-state index is 0. The summed E-state index contributed by atoms with van der Waals surface area (Å²) in [4.78, 5) is 14.8. The van der Waals surface area contributed by atoms with E-state index in [2.05, 4.69) is 5.10 Å². The SMILES string of the molecule is Cc1c(C(=O)N2CCC(OCCCN)CC2)cnn1-c1cccc(Cl)c1.Cl. The van der Waals surface area contributed by atoms with Crippen LogP contribution in [0.15, 0.2) is 30.5 Å². The van der Waals surface area contributed by atoms with Crippen molar-refractivity contribution < 1.29 is 9.53 Å². The molecule has 0 unspecified atom stereocenters. The van der Waals surface area contributed by atoms with Crippen LogP contribution in [-0.4, -0.2) is 52.9 Å². The maximum atomic E-state index is 12.9. The number of ether oxygens (including phenoxy) is 1. The van der Waals surface area contributed by atoms with E-state index < -0.39 is 0 Å². The van der Waals surface area contributed by atoms with E-state index in [0.717, 1.165) is 30.6 Å². The zero-order valence-corrected chi connectivity index (χ0v) is 17.0. The van der Waals surface area contributed by atoms with E-state index in [4.69, 9.17) is 22.1 Å². The normalized spacial score (nSPS) is 14.9. The molecule has 1 aliphatic rings. The smallest absolute Gasteiger partial charge is 0.257 e. The second-order valence-corrected chi connectivity index (χ2v) is 6.98. The van der Waals surface area contributed by atoms with E-state index in [-0.39, 0.29) is 24.4 Å². The summed E-state index contributed by atoms with van der Waals surface area (Å²) in [5.74, 6) is 0.0242. The number of amides is 1. The second-order valence-electron chi connectivity index (χ2n) is 6.54. The Kier molecular flexibility index (Phi) is 8.10. The van der Waals surface area contributed by atoms with Crippen molar-refractivity contribution in [1.82, 2.24) is 14.7 Å². The molecule has 1 aromatic carbocycles. The number of piperidine rings is 1. The second kappa shape index (κ2) is 10.1. The zero-order valence-electron chi connectivity index (χ0n) is 15.4. The number of likely N-dealkylation sites (tertiary alicyclic amines) is 1. The quantitative estimate of drug-likeness (QED) is 0.738. The van der Waals surface area contributed by atoms with Gasteiger partial charge in [-0.2, -0.15) is 5.10 Å². The third-order valence-electron chi connectivity index (χ3n) is 4.72. The number of rotatable bonds is 6. The van der Waals surface area contributed by atoms with Crippen LogP contribution in [0.3, 0.4) is 0 Å². The maximum Gasteiger partial charge on any atom is 0.257 e. The molecule has 0 spiro atoms. The lowest BCUT2D eigenvalue weighted by Crippen LogP contribution is -2.41. The van der Waals surface area contributed by atoms with Crippen molar-refractivity contribution in [3.63, 3.8) is 0 Å². The first kappa shape index (κ1) is 21.7. The first-order chi connectivity index (χ1) is 12.6. The maximum absolute atomic E-state index is 12.9. The van der Waals surface area contributed by atoms with Gasteiger partial charge in [0.2, 0.25) is 0 Å². The molecule has 27 heavy (non-hydrogen) atoms. The number of carbonyl (C=O) groups excluding carboxylic acids is 1. The van der Waals surface area contributed by atoms with Gasteiger partial charge in [-0.3, -0.25) is 4.79 Å². The summed E-state index contributed by atoms with van der Waals surface area (Å²) in [6, 6.07) is 7.44. The Morgan fingerprint density at radius 2 is 2.11 bits per heavy atom. The number of nitrogens with two attached hydrogens (primary N) is 1. The fraction of sp³-hybridized carbons (Fsp3) is 0.474. The lowest BCUT2D eigenvalue weighted by atomic mass is 10.1. The van der Waals surface area contributed by atoms with Crippen molar-refractivity contribution in [2.24, 2.45) is 5.73 Å². The molecular formula is C19H26Cl2N4O2. The van der Waals surface area contributed by atoms with Crippen molar-refractivity contribution >= 4 is 29.9 Å². The Labute approximate surface area is 171 Å². The van der Waals surface area contributed by atoms with Gasteiger partial charge >= 0.3 is 0 Å². The van der Waals surface area contributed by atoms with Crippen molar-refractivity contribution in [3.05, 3.63) is 46.7 Å². The third-order valence-corrected chi connectivity index (χ3v) is 4.96. The summed E-state index contributed by atoms with van der Waals surface area (Å²) in [5.41, 5.74) is 7.79. The molecule has 0 bridgehead atoms. The molecular weight excluding hydrogens is 387 g/mol. The molecule has 148 valence electrons. The van der Waals surface area contributed by atoms with Gasteiger partial charge in [0.25, 0.3) is 5.91 Å². The highest BCUT2D eigenvalue weighted by atomic mass is 35.5. The highest BCUT2D eigenvalue weighted by Gasteiger charge is 2.26. The molecule has 3 rings (SSSR count). The van der Waals surface area contributed by atoms with E-state index in [1.165, 1.54) is 0 Å². The molecule has 1 amide bonds. The lowest BCUT2D eigenvalue weighted by Gasteiger charge is -2.32. The molecule has 1 fully saturated rings. The minimum Gasteiger partial charge on any atom is -0.378 e. The monoisotopic (exact) mass is 412 g/mol. The molecule has 6 nitrogen and oxygen atoms in total. The first-order valence-electron chi connectivity index (χ1n) is 9.01. The largest absolute Gasteiger partial charge is 0.378 e. The molecule has 0 radical (unpaired) electrons. The number of hydrogen-bond acceptors (Lipinski definition) is 4. The van der Waals surface area contributed by atoms with Crippen LogP contribution in [0.2, 0.25) is 5.02 Å². The predicted octanol–water partition coefficient (Wildman–Crippen LogP) is 3.23. The summed E-state index contributed by atoms with van der Waals surface area (Å²) in [5, 5.41) is 5.02. The number of nitrogens with zero attached hydrogens (tertiary/aromatic N) is 3. The van der Waals surface area contributed by atoms with Crippen molar-refractivity contribution in [1.29, 1.82) is 0 Å². The molecule has 8 heteroatoms. The first-order valence-corrected chi connectivity index (χ1v) is 9.39. The molecule has 0 aliphatic carbocycles. The van der Waals surface area contributed by atoms with Crippen molar-refractivity contribution in [2.45, 2.75) is 32.3 Å². The Balaban J connectivity index is 0.00000261. The molecule has 2 aromatic rings. The van der Waals surface area contributed by atoms with Crippen LogP contribution in [0.25, 0.3) is 5.69 Å². The Morgan fingerprint density at radius 3 is 2.78 bits per heavy atom. The van der Waals surface area contributed by atoms with E-state index in [1.807, 2.05) is 36.1 Å². The number of hydrogen-bond donors (Lipinski definition) is 1. The summed E-state index contributed by atoms with van der Waals surface area (Å²) in [7, 11) is 0. The van der Waals surface area contributed by atoms with Crippen molar-refractivity contribution in [3.8, 4) is 5.69 Å². The lowest BCUT2D eigenvalue weighted by molar-refractivity contribution is 0.00843.